The van der Waals surface area contributed by atoms with Crippen LogP contribution >= 0.6 is 0 Å². The van der Waals surface area contributed by atoms with E-state index in [1.165, 1.54) is 17.0 Å². The van der Waals surface area contributed by atoms with Crippen LogP contribution in [0.4, 0.5) is 13.2 Å². The van der Waals surface area contributed by atoms with E-state index in [0.29, 0.717) is 32.6 Å². The number of alkyl halides is 3. The molecule has 1 aromatic carbocycles. The summed E-state index contributed by atoms with van der Waals surface area (Å²) in [5.74, 6) is 0.433. The maximum atomic E-state index is 12.6. The van der Waals surface area contributed by atoms with Crippen molar-refractivity contribution in [3.8, 4) is 0 Å². The van der Waals surface area contributed by atoms with E-state index in [2.05, 4.69) is 0 Å². The third kappa shape index (κ3) is 4.15. The third-order valence-corrected chi connectivity index (χ3v) is 4.53. The molecule has 1 aliphatic rings. The monoisotopic (exact) mass is 380 g/mol. The van der Waals surface area contributed by atoms with E-state index >= 15 is 0 Å². The van der Waals surface area contributed by atoms with Crippen molar-refractivity contribution in [3.63, 3.8) is 0 Å². The van der Waals surface area contributed by atoms with Gasteiger partial charge in [0.25, 0.3) is 11.8 Å². The molecule has 1 aliphatic heterocycles. The van der Waals surface area contributed by atoms with Gasteiger partial charge in [0.05, 0.1) is 5.56 Å². The molecular weight excluding hydrogens is 361 g/mol. The second-order valence-corrected chi connectivity index (χ2v) is 6.28. The summed E-state index contributed by atoms with van der Waals surface area (Å²) in [6.07, 6.45) is -3.74. The molecule has 1 aromatic heterocycles. The first-order chi connectivity index (χ1) is 12.8. The quantitative estimate of drug-likeness (QED) is 0.820. The van der Waals surface area contributed by atoms with Crippen LogP contribution in [0.15, 0.2) is 40.8 Å². The van der Waals surface area contributed by atoms with Gasteiger partial charge in [-0.25, -0.2) is 0 Å². The Kier molecular flexibility index (Phi) is 5.25. The highest BCUT2D eigenvalue weighted by molar-refractivity contribution is 5.95. The van der Waals surface area contributed by atoms with Crippen molar-refractivity contribution in [2.75, 3.05) is 26.2 Å². The van der Waals surface area contributed by atoms with Crippen molar-refractivity contribution >= 4 is 11.8 Å². The molecule has 0 aliphatic carbocycles. The molecule has 0 bridgehead atoms. The normalized spacial score (nSPS) is 15.1. The largest absolute Gasteiger partial charge is 0.456 e. The Hall–Kier alpha value is -2.77. The number of hydrogen-bond acceptors (Lipinski definition) is 3. The zero-order valence-corrected chi connectivity index (χ0v) is 14.8. The Morgan fingerprint density at radius 2 is 1.48 bits per heavy atom. The number of carbonyl (C=O) groups is 2. The number of furan rings is 1. The molecule has 1 saturated heterocycles. The zero-order valence-electron chi connectivity index (χ0n) is 14.8. The maximum Gasteiger partial charge on any atom is 0.416 e. The minimum atomic E-state index is -4.43. The van der Waals surface area contributed by atoms with Crippen molar-refractivity contribution in [1.29, 1.82) is 0 Å². The molecule has 5 nitrogen and oxygen atoms in total. The average Bonchev–Trinajstić information content (AvgIpc) is 3.15. The third-order valence-electron chi connectivity index (χ3n) is 4.53. The highest BCUT2D eigenvalue weighted by Gasteiger charge is 2.31. The van der Waals surface area contributed by atoms with Crippen LogP contribution in [0.5, 0.6) is 0 Å². The summed E-state index contributed by atoms with van der Waals surface area (Å²) in [6.45, 7) is 3.24. The zero-order chi connectivity index (χ0) is 19.6. The van der Waals surface area contributed by atoms with Gasteiger partial charge in [-0.1, -0.05) is 6.92 Å². The first-order valence-corrected chi connectivity index (χ1v) is 8.64. The number of halogens is 3. The predicted octanol–water partition coefficient (Wildman–Crippen LogP) is 3.46. The van der Waals surface area contributed by atoms with Crippen LogP contribution in [0.2, 0.25) is 0 Å². The van der Waals surface area contributed by atoms with Gasteiger partial charge in [0.15, 0.2) is 5.76 Å². The minimum absolute atomic E-state index is 0.196. The number of benzene rings is 1. The molecular formula is C19H19F3N2O3. The summed E-state index contributed by atoms with van der Waals surface area (Å²) in [6, 6.07) is 7.55. The Labute approximate surface area is 154 Å². The first kappa shape index (κ1) is 19.0. The summed E-state index contributed by atoms with van der Waals surface area (Å²) in [5.41, 5.74) is -0.597. The van der Waals surface area contributed by atoms with Crippen LogP contribution in [0.3, 0.4) is 0 Å². The standard InChI is InChI=1S/C19H19F3N2O3/c1-2-15-7-8-16(27-15)18(26)24-11-9-23(10-12-24)17(25)13-3-5-14(6-4-13)19(20,21)22/h3-8H,2,9-12H2,1H3. The lowest BCUT2D eigenvalue weighted by molar-refractivity contribution is -0.137. The van der Waals surface area contributed by atoms with E-state index in [1.54, 1.807) is 17.0 Å². The van der Waals surface area contributed by atoms with Gasteiger partial charge in [0.2, 0.25) is 0 Å². The van der Waals surface area contributed by atoms with Gasteiger partial charge in [-0.15, -0.1) is 0 Å². The van der Waals surface area contributed by atoms with Crippen LogP contribution in [0.1, 0.15) is 39.2 Å². The summed E-state index contributed by atoms with van der Waals surface area (Å²) < 4.78 is 43.3. The molecule has 2 heterocycles. The summed E-state index contributed by atoms with van der Waals surface area (Å²) in [5, 5.41) is 0. The molecule has 0 unspecified atom stereocenters. The van der Waals surface area contributed by atoms with Crippen molar-refractivity contribution < 1.29 is 27.2 Å². The van der Waals surface area contributed by atoms with E-state index in [1.807, 2.05) is 6.92 Å². The lowest BCUT2D eigenvalue weighted by Gasteiger charge is -2.34. The van der Waals surface area contributed by atoms with E-state index in [-0.39, 0.29) is 23.1 Å². The van der Waals surface area contributed by atoms with Gasteiger partial charge in [-0.05, 0) is 36.4 Å². The lowest BCUT2D eigenvalue weighted by Crippen LogP contribution is -2.50. The Balaban J connectivity index is 1.60. The molecule has 0 saturated carbocycles. The Morgan fingerprint density at radius 3 is 1.96 bits per heavy atom. The first-order valence-electron chi connectivity index (χ1n) is 8.64. The lowest BCUT2D eigenvalue weighted by atomic mass is 10.1. The molecule has 3 rings (SSSR count). The summed E-state index contributed by atoms with van der Waals surface area (Å²) in [7, 11) is 0. The summed E-state index contributed by atoms with van der Waals surface area (Å²) in [4.78, 5) is 28.0. The van der Waals surface area contributed by atoms with Crippen LogP contribution in [-0.4, -0.2) is 47.8 Å². The molecule has 0 spiro atoms. The second-order valence-electron chi connectivity index (χ2n) is 6.28. The van der Waals surface area contributed by atoms with Gasteiger partial charge >= 0.3 is 6.18 Å². The molecule has 2 aromatic rings. The van der Waals surface area contributed by atoms with Crippen molar-refractivity contribution in [2.45, 2.75) is 19.5 Å². The fourth-order valence-corrected chi connectivity index (χ4v) is 2.94. The van der Waals surface area contributed by atoms with Crippen molar-refractivity contribution in [2.24, 2.45) is 0 Å². The van der Waals surface area contributed by atoms with E-state index in [0.717, 1.165) is 17.9 Å². The number of rotatable bonds is 3. The van der Waals surface area contributed by atoms with Crippen LogP contribution in [0, 0.1) is 0 Å². The van der Waals surface area contributed by atoms with Crippen molar-refractivity contribution in [3.05, 3.63) is 59.0 Å². The number of carbonyl (C=O) groups excluding carboxylic acids is 2. The highest BCUT2D eigenvalue weighted by Crippen LogP contribution is 2.29. The van der Waals surface area contributed by atoms with Crippen LogP contribution in [-0.2, 0) is 12.6 Å². The molecule has 0 atom stereocenters. The minimum Gasteiger partial charge on any atom is -0.456 e. The van der Waals surface area contributed by atoms with E-state index < -0.39 is 11.7 Å². The molecule has 27 heavy (non-hydrogen) atoms. The molecule has 0 N–H and O–H groups in total. The summed E-state index contributed by atoms with van der Waals surface area (Å²) >= 11 is 0. The number of piperazine rings is 1. The van der Waals surface area contributed by atoms with Gasteiger partial charge < -0.3 is 14.2 Å². The van der Waals surface area contributed by atoms with E-state index in [9.17, 15) is 22.8 Å². The Bertz CT molecular complexity index is 819. The average molecular weight is 380 g/mol. The highest BCUT2D eigenvalue weighted by atomic mass is 19.4. The fraction of sp³-hybridized carbons (Fsp3) is 0.368. The number of hydrogen-bond donors (Lipinski definition) is 0. The smallest absolute Gasteiger partial charge is 0.416 e. The van der Waals surface area contributed by atoms with Gasteiger partial charge in [0, 0.05) is 38.2 Å². The molecule has 8 heteroatoms. The fourth-order valence-electron chi connectivity index (χ4n) is 2.94. The van der Waals surface area contributed by atoms with Crippen LogP contribution < -0.4 is 0 Å². The second kappa shape index (κ2) is 7.46. The van der Waals surface area contributed by atoms with E-state index in [4.69, 9.17) is 4.42 Å². The molecule has 144 valence electrons. The number of amides is 2. The predicted molar refractivity (Wildman–Crippen MR) is 91.3 cm³/mol. The topological polar surface area (TPSA) is 53.8 Å². The molecule has 0 radical (unpaired) electrons. The number of aryl methyl sites for hydroxylation is 1. The molecule has 2 amide bonds. The molecule has 1 fully saturated rings. The van der Waals surface area contributed by atoms with Gasteiger partial charge in [0.1, 0.15) is 5.76 Å². The van der Waals surface area contributed by atoms with Gasteiger partial charge in [-0.2, -0.15) is 13.2 Å². The number of nitrogens with zero attached hydrogens (tertiary/aromatic N) is 2. The maximum absolute atomic E-state index is 12.6. The SMILES string of the molecule is CCc1ccc(C(=O)N2CCN(C(=O)c3ccc(C(F)(F)F)cc3)CC2)o1. The van der Waals surface area contributed by atoms with Crippen molar-refractivity contribution in [1.82, 2.24) is 9.80 Å². The Morgan fingerprint density at radius 1 is 0.926 bits per heavy atom. The van der Waals surface area contributed by atoms with Crippen LogP contribution in [0.25, 0.3) is 0 Å². The van der Waals surface area contributed by atoms with Gasteiger partial charge in [-0.3, -0.25) is 9.59 Å².